The quantitative estimate of drug-likeness (QED) is 0.783. The largest absolute Gasteiger partial charge is 0.486 e. The number of esters is 1. The van der Waals surface area contributed by atoms with E-state index in [-0.39, 0.29) is 12.5 Å². The zero-order chi connectivity index (χ0) is 19.4. The predicted molar refractivity (Wildman–Crippen MR) is 97.3 cm³/mol. The van der Waals surface area contributed by atoms with E-state index in [2.05, 4.69) is 5.32 Å². The summed E-state index contributed by atoms with van der Waals surface area (Å²) in [5, 5.41) is 2.74. The molecule has 7 heteroatoms. The molecule has 0 radical (unpaired) electrons. The molecule has 1 aliphatic heterocycles. The first-order chi connectivity index (χ1) is 13.0. The van der Waals surface area contributed by atoms with E-state index in [0.29, 0.717) is 43.3 Å². The van der Waals surface area contributed by atoms with Gasteiger partial charge >= 0.3 is 5.97 Å². The van der Waals surface area contributed by atoms with Crippen molar-refractivity contribution in [3.8, 4) is 11.5 Å². The van der Waals surface area contributed by atoms with Crippen molar-refractivity contribution in [2.45, 2.75) is 27.2 Å². The van der Waals surface area contributed by atoms with E-state index in [1.54, 1.807) is 20.8 Å². The second-order valence-electron chi connectivity index (χ2n) is 6.37. The highest BCUT2D eigenvalue weighted by Crippen LogP contribution is 2.30. The van der Waals surface area contributed by atoms with Crippen LogP contribution in [0.5, 0.6) is 11.5 Å². The second kappa shape index (κ2) is 8.16. The number of nitrogens with one attached hydrogen (secondary N) is 1. The zero-order valence-corrected chi connectivity index (χ0v) is 15.7. The number of carbonyl (C=O) groups is 2. The van der Waals surface area contributed by atoms with E-state index in [1.165, 1.54) is 0 Å². The number of fused-ring (bicyclic) bond motifs is 1. The number of benzene rings is 1. The molecule has 0 bridgehead atoms. The molecule has 2 heterocycles. The van der Waals surface area contributed by atoms with Crippen molar-refractivity contribution < 1.29 is 28.2 Å². The number of hydrogen-bond donors (Lipinski definition) is 1. The second-order valence-corrected chi connectivity index (χ2v) is 6.37. The molecule has 0 unspecified atom stereocenters. The molecular formula is C20H23NO6. The normalized spacial score (nSPS) is 12.6. The summed E-state index contributed by atoms with van der Waals surface area (Å²) in [7, 11) is 0. The number of hydrogen-bond acceptors (Lipinski definition) is 6. The summed E-state index contributed by atoms with van der Waals surface area (Å²) >= 11 is 0. The Bertz CT molecular complexity index is 854. The van der Waals surface area contributed by atoms with Crippen LogP contribution in [-0.2, 0) is 16.0 Å². The molecule has 0 fully saturated rings. The smallest absolute Gasteiger partial charge is 0.342 e. The minimum Gasteiger partial charge on any atom is -0.486 e. The van der Waals surface area contributed by atoms with Gasteiger partial charge < -0.3 is 23.9 Å². The molecule has 0 spiro atoms. The van der Waals surface area contributed by atoms with Crippen molar-refractivity contribution >= 4 is 11.9 Å². The van der Waals surface area contributed by atoms with Gasteiger partial charge in [0.2, 0.25) is 0 Å². The Morgan fingerprint density at radius 1 is 1.07 bits per heavy atom. The molecule has 7 nitrogen and oxygen atoms in total. The summed E-state index contributed by atoms with van der Waals surface area (Å²) in [4.78, 5) is 24.1. The first-order valence-electron chi connectivity index (χ1n) is 8.84. The lowest BCUT2D eigenvalue weighted by molar-refractivity contribution is -0.124. The van der Waals surface area contributed by atoms with Crippen LogP contribution in [-0.4, -0.2) is 38.2 Å². The predicted octanol–water partition coefficient (Wildman–Crippen LogP) is 2.49. The molecule has 27 heavy (non-hydrogen) atoms. The van der Waals surface area contributed by atoms with Crippen LogP contribution in [0, 0.1) is 20.8 Å². The highest BCUT2D eigenvalue weighted by molar-refractivity contribution is 5.93. The van der Waals surface area contributed by atoms with Crippen molar-refractivity contribution in [2.75, 3.05) is 26.4 Å². The van der Waals surface area contributed by atoms with Crippen LogP contribution < -0.4 is 14.8 Å². The van der Waals surface area contributed by atoms with Gasteiger partial charge in [0, 0.05) is 12.1 Å². The van der Waals surface area contributed by atoms with Gasteiger partial charge in [-0.3, -0.25) is 4.79 Å². The van der Waals surface area contributed by atoms with Crippen molar-refractivity contribution in [1.82, 2.24) is 5.32 Å². The number of rotatable bonds is 6. The van der Waals surface area contributed by atoms with Gasteiger partial charge in [0.15, 0.2) is 18.1 Å². The van der Waals surface area contributed by atoms with E-state index in [0.717, 1.165) is 22.6 Å². The lowest BCUT2D eigenvalue weighted by Crippen LogP contribution is -2.30. The van der Waals surface area contributed by atoms with Crippen molar-refractivity contribution in [3.05, 3.63) is 46.4 Å². The Kier molecular flexibility index (Phi) is 5.69. The molecule has 0 saturated carbocycles. The molecular weight excluding hydrogens is 350 g/mol. The van der Waals surface area contributed by atoms with E-state index in [4.69, 9.17) is 18.6 Å². The van der Waals surface area contributed by atoms with Gasteiger partial charge in [0.25, 0.3) is 5.91 Å². The van der Waals surface area contributed by atoms with Gasteiger partial charge in [-0.2, -0.15) is 0 Å². The van der Waals surface area contributed by atoms with E-state index in [1.807, 2.05) is 18.2 Å². The maximum Gasteiger partial charge on any atom is 0.342 e. The van der Waals surface area contributed by atoms with Gasteiger partial charge in [-0.15, -0.1) is 0 Å². The Balaban J connectivity index is 1.44. The monoisotopic (exact) mass is 373 g/mol. The molecule has 0 saturated heterocycles. The van der Waals surface area contributed by atoms with Crippen LogP contribution in [0.25, 0.3) is 0 Å². The van der Waals surface area contributed by atoms with Gasteiger partial charge in [0.1, 0.15) is 30.3 Å². The summed E-state index contributed by atoms with van der Waals surface area (Å²) in [6.07, 6.45) is 0.634. The average molecular weight is 373 g/mol. The van der Waals surface area contributed by atoms with Crippen molar-refractivity contribution in [3.63, 3.8) is 0 Å². The third-order valence-electron chi connectivity index (χ3n) is 4.44. The van der Waals surface area contributed by atoms with E-state index in [9.17, 15) is 9.59 Å². The minimum absolute atomic E-state index is 0.330. The molecule has 1 amide bonds. The standard InChI is InChI=1S/C20H23NO6/c1-12-13(2)27-14(3)19(12)20(23)26-11-18(22)21-7-6-15-4-5-16-17(10-15)25-9-8-24-16/h4-5,10H,6-9,11H2,1-3H3,(H,21,22). The molecule has 144 valence electrons. The molecule has 0 atom stereocenters. The first kappa shape index (κ1) is 18.8. The van der Waals surface area contributed by atoms with Crippen molar-refractivity contribution in [2.24, 2.45) is 0 Å². The topological polar surface area (TPSA) is 87.0 Å². The summed E-state index contributed by atoms with van der Waals surface area (Å²) in [5.41, 5.74) is 2.14. The Labute approximate surface area is 157 Å². The number of furan rings is 1. The fourth-order valence-corrected chi connectivity index (χ4v) is 2.94. The van der Waals surface area contributed by atoms with Crippen LogP contribution in [0.3, 0.4) is 0 Å². The first-order valence-corrected chi connectivity index (χ1v) is 8.84. The minimum atomic E-state index is -0.552. The highest BCUT2D eigenvalue weighted by atomic mass is 16.6. The lowest BCUT2D eigenvalue weighted by Gasteiger charge is -2.18. The van der Waals surface area contributed by atoms with Gasteiger partial charge in [-0.05, 0) is 44.9 Å². The Hall–Kier alpha value is -2.96. The lowest BCUT2D eigenvalue weighted by atomic mass is 10.1. The molecule has 2 aromatic rings. The molecule has 1 aliphatic rings. The summed E-state index contributed by atoms with van der Waals surface area (Å²) in [6, 6.07) is 5.71. The molecule has 0 aliphatic carbocycles. The van der Waals surface area contributed by atoms with Crippen LogP contribution in [0.1, 0.15) is 33.0 Å². The third-order valence-corrected chi connectivity index (χ3v) is 4.44. The maximum absolute atomic E-state index is 12.1. The SMILES string of the molecule is Cc1oc(C)c(C(=O)OCC(=O)NCCc2ccc3c(c2)OCCO3)c1C. The molecule has 1 aromatic heterocycles. The molecule has 3 rings (SSSR count). The van der Waals surface area contributed by atoms with Crippen LogP contribution >= 0.6 is 0 Å². The van der Waals surface area contributed by atoms with Crippen LogP contribution in [0.2, 0.25) is 0 Å². The highest BCUT2D eigenvalue weighted by Gasteiger charge is 2.20. The van der Waals surface area contributed by atoms with Gasteiger partial charge in [0.05, 0.1) is 0 Å². The Morgan fingerprint density at radius 3 is 2.52 bits per heavy atom. The Morgan fingerprint density at radius 2 is 1.81 bits per heavy atom. The van der Waals surface area contributed by atoms with Gasteiger partial charge in [-0.1, -0.05) is 6.07 Å². The maximum atomic E-state index is 12.1. The number of carbonyl (C=O) groups excluding carboxylic acids is 2. The molecule has 1 N–H and O–H groups in total. The third kappa shape index (κ3) is 4.42. The number of aryl methyl sites for hydroxylation is 2. The fraction of sp³-hybridized carbons (Fsp3) is 0.400. The van der Waals surface area contributed by atoms with Gasteiger partial charge in [-0.25, -0.2) is 4.79 Å². The van der Waals surface area contributed by atoms with Crippen LogP contribution in [0.15, 0.2) is 22.6 Å². The zero-order valence-electron chi connectivity index (χ0n) is 15.7. The van der Waals surface area contributed by atoms with E-state index >= 15 is 0 Å². The van der Waals surface area contributed by atoms with Crippen molar-refractivity contribution in [1.29, 1.82) is 0 Å². The summed E-state index contributed by atoms with van der Waals surface area (Å²) < 4.78 is 21.5. The fourth-order valence-electron chi connectivity index (χ4n) is 2.94. The summed E-state index contributed by atoms with van der Waals surface area (Å²) in [6.45, 7) is 6.46. The average Bonchev–Trinajstić information content (AvgIpc) is 2.91. The molecule has 1 aromatic carbocycles. The number of ether oxygens (including phenoxy) is 3. The van der Waals surface area contributed by atoms with E-state index < -0.39 is 5.97 Å². The van der Waals surface area contributed by atoms with Crippen LogP contribution in [0.4, 0.5) is 0 Å². The number of amides is 1. The summed E-state index contributed by atoms with van der Waals surface area (Å²) in [5.74, 6) is 1.72.